The molecule has 1 amide bonds. The molecular weight excluding hydrogens is 405 g/mol. The summed E-state index contributed by atoms with van der Waals surface area (Å²) >= 11 is 5.02. The molecule has 0 aliphatic carbocycles. The molecule has 2 aliphatic rings. The van der Waals surface area contributed by atoms with Crippen molar-refractivity contribution in [3.63, 3.8) is 0 Å². The molecular formula is C18H19BrFN3OS. The Bertz CT molecular complexity index is 788. The van der Waals surface area contributed by atoms with Crippen LogP contribution in [-0.4, -0.2) is 35.4 Å². The number of amides is 1. The SMILES string of the molecule is O=C(C1CCN(c2ncc(Br)cc2F)CC1)N1CCc2sccc2C1. The Morgan fingerprint density at radius 3 is 2.88 bits per heavy atom. The summed E-state index contributed by atoms with van der Waals surface area (Å²) in [4.78, 5) is 22.4. The topological polar surface area (TPSA) is 36.4 Å². The third-order valence-corrected chi connectivity index (χ3v) is 6.51. The molecule has 1 saturated heterocycles. The smallest absolute Gasteiger partial charge is 0.226 e. The van der Waals surface area contributed by atoms with Gasteiger partial charge in [0.1, 0.15) is 0 Å². The molecule has 0 saturated carbocycles. The van der Waals surface area contributed by atoms with Gasteiger partial charge < -0.3 is 9.80 Å². The van der Waals surface area contributed by atoms with Crippen LogP contribution in [0.25, 0.3) is 0 Å². The van der Waals surface area contributed by atoms with Crippen LogP contribution in [0.15, 0.2) is 28.2 Å². The second-order valence-corrected chi connectivity index (χ2v) is 8.52. The van der Waals surface area contributed by atoms with Crippen LogP contribution in [0.2, 0.25) is 0 Å². The van der Waals surface area contributed by atoms with E-state index in [0.717, 1.165) is 32.4 Å². The summed E-state index contributed by atoms with van der Waals surface area (Å²) in [5.74, 6) is 0.353. The minimum absolute atomic E-state index is 0.0370. The second-order valence-electron chi connectivity index (χ2n) is 6.60. The fourth-order valence-electron chi connectivity index (χ4n) is 3.67. The van der Waals surface area contributed by atoms with Crippen LogP contribution in [-0.2, 0) is 17.8 Å². The molecule has 0 radical (unpaired) electrons. The highest BCUT2D eigenvalue weighted by Crippen LogP contribution is 2.29. The van der Waals surface area contributed by atoms with Crippen LogP contribution < -0.4 is 4.90 Å². The molecule has 4 nitrogen and oxygen atoms in total. The molecule has 132 valence electrons. The van der Waals surface area contributed by atoms with Crippen molar-refractivity contribution in [2.24, 2.45) is 5.92 Å². The van der Waals surface area contributed by atoms with Gasteiger partial charge in [-0.2, -0.15) is 0 Å². The van der Waals surface area contributed by atoms with Gasteiger partial charge in [0.25, 0.3) is 0 Å². The zero-order valence-electron chi connectivity index (χ0n) is 13.8. The summed E-state index contributed by atoms with van der Waals surface area (Å²) in [5.41, 5.74) is 1.29. The minimum Gasteiger partial charge on any atom is -0.354 e. The number of rotatable bonds is 2. The average molecular weight is 424 g/mol. The number of halogens is 2. The lowest BCUT2D eigenvalue weighted by Gasteiger charge is -2.36. The Morgan fingerprint density at radius 1 is 1.32 bits per heavy atom. The highest BCUT2D eigenvalue weighted by Gasteiger charge is 2.31. The maximum absolute atomic E-state index is 14.1. The predicted molar refractivity (Wildman–Crippen MR) is 100 cm³/mol. The van der Waals surface area contributed by atoms with Crippen molar-refractivity contribution in [2.75, 3.05) is 24.5 Å². The fraction of sp³-hybridized carbons (Fsp3) is 0.444. The lowest BCUT2D eigenvalue weighted by atomic mass is 9.94. The van der Waals surface area contributed by atoms with Gasteiger partial charge in [-0.15, -0.1) is 11.3 Å². The van der Waals surface area contributed by atoms with E-state index in [-0.39, 0.29) is 17.6 Å². The molecule has 0 aromatic carbocycles. The molecule has 0 spiro atoms. The van der Waals surface area contributed by atoms with Crippen LogP contribution in [0.3, 0.4) is 0 Å². The van der Waals surface area contributed by atoms with Gasteiger partial charge in [-0.05, 0) is 58.3 Å². The van der Waals surface area contributed by atoms with Gasteiger partial charge >= 0.3 is 0 Å². The Morgan fingerprint density at radius 2 is 2.12 bits per heavy atom. The van der Waals surface area contributed by atoms with Crippen LogP contribution in [0.5, 0.6) is 0 Å². The first-order chi connectivity index (χ1) is 12.1. The molecule has 2 aromatic rings. The van der Waals surface area contributed by atoms with Crippen molar-refractivity contribution in [3.05, 3.63) is 44.4 Å². The summed E-state index contributed by atoms with van der Waals surface area (Å²) in [6.07, 6.45) is 4.08. The summed E-state index contributed by atoms with van der Waals surface area (Å²) in [7, 11) is 0. The molecule has 0 atom stereocenters. The number of aromatic nitrogens is 1. The first-order valence-corrected chi connectivity index (χ1v) is 10.2. The van der Waals surface area contributed by atoms with E-state index in [1.54, 1.807) is 17.5 Å². The number of pyridine rings is 1. The summed E-state index contributed by atoms with van der Waals surface area (Å²) < 4.78 is 14.7. The molecule has 4 rings (SSSR count). The van der Waals surface area contributed by atoms with Gasteiger partial charge in [0.15, 0.2) is 11.6 Å². The normalized spacial score (nSPS) is 18.3. The first kappa shape index (κ1) is 17.0. The number of carbonyl (C=O) groups excluding carboxylic acids is 1. The van der Waals surface area contributed by atoms with Crippen LogP contribution in [0, 0.1) is 11.7 Å². The molecule has 1 fully saturated rings. The third-order valence-electron chi connectivity index (χ3n) is 5.05. The van der Waals surface area contributed by atoms with Crippen molar-refractivity contribution in [1.29, 1.82) is 0 Å². The summed E-state index contributed by atoms with van der Waals surface area (Å²) in [6, 6.07) is 3.57. The van der Waals surface area contributed by atoms with Crippen molar-refractivity contribution in [3.8, 4) is 0 Å². The van der Waals surface area contributed by atoms with Gasteiger partial charge in [0.05, 0.1) is 0 Å². The number of anilines is 1. The third kappa shape index (κ3) is 3.44. The molecule has 7 heteroatoms. The zero-order valence-corrected chi connectivity index (χ0v) is 16.2. The van der Waals surface area contributed by atoms with Crippen LogP contribution in [0.4, 0.5) is 10.2 Å². The lowest BCUT2D eigenvalue weighted by molar-refractivity contribution is -0.137. The van der Waals surface area contributed by atoms with E-state index in [2.05, 4.69) is 32.4 Å². The van der Waals surface area contributed by atoms with Crippen molar-refractivity contribution in [1.82, 2.24) is 9.88 Å². The molecule has 25 heavy (non-hydrogen) atoms. The van der Waals surface area contributed by atoms with Gasteiger partial charge in [-0.3, -0.25) is 4.79 Å². The van der Waals surface area contributed by atoms with E-state index in [4.69, 9.17) is 0 Å². The number of carbonyl (C=O) groups is 1. The fourth-order valence-corrected chi connectivity index (χ4v) is 4.87. The van der Waals surface area contributed by atoms with E-state index < -0.39 is 0 Å². The van der Waals surface area contributed by atoms with Crippen LogP contribution in [0.1, 0.15) is 23.3 Å². The highest BCUT2D eigenvalue weighted by atomic mass is 79.9. The van der Waals surface area contributed by atoms with E-state index in [1.807, 2.05) is 9.80 Å². The zero-order chi connectivity index (χ0) is 17.4. The van der Waals surface area contributed by atoms with E-state index in [0.29, 0.717) is 23.4 Å². The van der Waals surface area contributed by atoms with E-state index in [9.17, 15) is 9.18 Å². The number of nitrogens with zero attached hydrogens (tertiary/aromatic N) is 3. The molecule has 4 heterocycles. The number of hydrogen-bond donors (Lipinski definition) is 0. The number of fused-ring (bicyclic) bond motifs is 1. The van der Waals surface area contributed by atoms with Gasteiger partial charge in [-0.25, -0.2) is 9.37 Å². The lowest BCUT2D eigenvalue weighted by Crippen LogP contribution is -2.44. The Hall–Kier alpha value is -1.47. The Kier molecular flexibility index (Phi) is 4.78. The molecule has 2 aliphatic heterocycles. The largest absolute Gasteiger partial charge is 0.354 e. The van der Waals surface area contributed by atoms with Gasteiger partial charge in [-0.1, -0.05) is 0 Å². The number of piperidine rings is 1. The molecule has 0 unspecified atom stereocenters. The van der Waals surface area contributed by atoms with Crippen molar-refractivity contribution < 1.29 is 9.18 Å². The first-order valence-electron chi connectivity index (χ1n) is 8.52. The standard InChI is InChI=1S/C18H19BrFN3OS/c19-14-9-15(20)17(21-10-14)22-5-1-12(2-6-22)18(24)23-7-3-16-13(11-23)4-8-25-16/h4,8-10,12H,1-3,5-7,11H2. The van der Waals surface area contributed by atoms with Crippen LogP contribution >= 0.6 is 27.3 Å². The quantitative estimate of drug-likeness (QED) is 0.735. The van der Waals surface area contributed by atoms with Gasteiger partial charge in [0.2, 0.25) is 5.91 Å². The van der Waals surface area contributed by atoms with Crippen molar-refractivity contribution in [2.45, 2.75) is 25.8 Å². The average Bonchev–Trinajstić information content (AvgIpc) is 3.09. The summed E-state index contributed by atoms with van der Waals surface area (Å²) in [6.45, 7) is 2.88. The monoisotopic (exact) mass is 423 g/mol. The highest BCUT2D eigenvalue weighted by molar-refractivity contribution is 9.10. The predicted octanol–water partition coefficient (Wildman–Crippen LogP) is 3.85. The molecule has 0 bridgehead atoms. The van der Waals surface area contributed by atoms with E-state index in [1.165, 1.54) is 16.5 Å². The molecule has 0 N–H and O–H groups in total. The minimum atomic E-state index is -0.319. The maximum Gasteiger partial charge on any atom is 0.226 e. The number of thiophene rings is 1. The molecule has 2 aromatic heterocycles. The maximum atomic E-state index is 14.1. The van der Waals surface area contributed by atoms with E-state index >= 15 is 0 Å². The van der Waals surface area contributed by atoms with Crippen molar-refractivity contribution >= 4 is 39.0 Å². The van der Waals surface area contributed by atoms with Gasteiger partial charge in [0, 0.05) is 47.6 Å². The second kappa shape index (κ2) is 7.03. The Labute approximate surface area is 158 Å². The summed E-state index contributed by atoms with van der Waals surface area (Å²) in [5, 5.41) is 2.11. The number of hydrogen-bond acceptors (Lipinski definition) is 4. The Balaban J connectivity index is 1.38.